The number of nitrogens with one attached hydrogen (secondary N) is 1. The van der Waals surface area contributed by atoms with Crippen molar-refractivity contribution in [2.75, 3.05) is 40.4 Å². The molecule has 0 saturated heterocycles. The lowest BCUT2D eigenvalue weighted by atomic mass is 9.96. The van der Waals surface area contributed by atoms with Gasteiger partial charge >= 0.3 is 0 Å². The summed E-state index contributed by atoms with van der Waals surface area (Å²) < 4.78 is 5.52. The molecule has 0 amide bonds. The molecule has 0 aliphatic carbocycles. The van der Waals surface area contributed by atoms with Crippen LogP contribution in [0.25, 0.3) is 0 Å². The van der Waals surface area contributed by atoms with Crippen molar-refractivity contribution in [3.8, 4) is 0 Å². The Labute approximate surface area is 113 Å². The van der Waals surface area contributed by atoms with Crippen molar-refractivity contribution in [1.82, 2.24) is 10.2 Å². The molecule has 0 bridgehead atoms. The van der Waals surface area contributed by atoms with Crippen LogP contribution in [-0.4, -0.2) is 62.0 Å². The standard InChI is InChI=1S/C14H32N2O2/c1-13(2)18-11-10-16(5)9-7-6-8-14(3,12-17)15-4/h13,15,17H,6-12H2,1-5H3. The fourth-order valence-corrected chi connectivity index (χ4v) is 1.74. The molecular weight excluding hydrogens is 228 g/mol. The van der Waals surface area contributed by atoms with Crippen molar-refractivity contribution < 1.29 is 9.84 Å². The number of hydrogen-bond acceptors (Lipinski definition) is 4. The average molecular weight is 260 g/mol. The summed E-state index contributed by atoms with van der Waals surface area (Å²) in [6.45, 7) is 9.27. The van der Waals surface area contributed by atoms with Crippen molar-refractivity contribution >= 4 is 0 Å². The minimum absolute atomic E-state index is 0.126. The average Bonchev–Trinajstić information content (AvgIpc) is 2.34. The Morgan fingerprint density at radius 2 is 1.94 bits per heavy atom. The maximum atomic E-state index is 9.27. The molecule has 0 spiro atoms. The SMILES string of the molecule is CNC(C)(CO)CCCCN(C)CCOC(C)C. The Morgan fingerprint density at radius 1 is 1.28 bits per heavy atom. The molecule has 0 fully saturated rings. The zero-order valence-electron chi connectivity index (χ0n) is 12.8. The monoisotopic (exact) mass is 260 g/mol. The van der Waals surface area contributed by atoms with E-state index in [0.717, 1.165) is 39.0 Å². The van der Waals surface area contributed by atoms with E-state index in [1.54, 1.807) is 0 Å². The first-order valence-corrected chi connectivity index (χ1v) is 7.03. The van der Waals surface area contributed by atoms with Crippen LogP contribution in [0.2, 0.25) is 0 Å². The Morgan fingerprint density at radius 3 is 2.44 bits per heavy atom. The highest BCUT2D eigenvalue weighted by Crippen LogP contribution is 2.12. The van der Waals surface area contributed by atoms with Crippen LogP contribution in [0.1, 0.15) is 40.0 Å². The first kappa shape index (κ1) is 17.8. The third kappa shape index (κ3) is 8.86. The van der Waals surface area contributed by atoms with Gasteiger partial charge < -0.3 is 20.1 Å². The van der Waals surface area contributed by atoms with Gasteiger partial charge in [-0.3, -0.25) is 0 Å². The first-order chi connectivity index (χ1) is 8.43. The van der Waals surface area contributed by atoms with Gasteiger partial charge in [0.2, 0.25) is 0 Å². The van der Waals surface area contributed by atoms with Gasteiger partial charge in [-0.05, 0) is 54.3 Å². The van der Waals surface area contributed by atoms with Crippen LogP contribution in [-0.2, 0) is 4.74 Å². The number of rotatable bonds is 11. The fourth-order valence-electron chi connectivity index (χ4n) is 1.74. The molecule has 2 N–H and O–H groups in total. The van der Waals surface area contributed by atoms with E-state index in [2.05, 4.69) is 38.0 Å². The zero-order valence-corrected chi connectivity index (χ0v) is 12.8. The third-order valence-corrected chi connectivity index (χ3v) is 3.40. The van der Waals surface area contributed by atoms with E-state index in [0.29, 0.717) is 6.10 Å². The molecule has 1 atom stereocenters. The van der Waals surface area contributed by atoms with E-state index in [1.807, 2.05) is 7.05 Å². The summed E-state index contributed by atoms with van der Waals surface area (Å²) in [5.74, 6) is 0. The molecular formula is C14H32N2O2. The maximum absolute atomic E-state index is 9.27. The quantitative estimate of drug-likeness (QED) is 0.552. The molecule has 0 aliphatic heterocycles. The molecule has 0 saturated carbocycles. The van der Waals surface area contributed by atoms with Gasteiger partial charge in [-0.1, -0.05) is 6.42 Å². The largest absolute Gasteiger partial charge is 0.394 e. The minimum Gasteiger partial charge on any atom is -0.394 e. The second-order valence-corrected chi connectivity index (χ2v) is 5.65. The second-order valence-electron chi connectivity index (χ2n) is 5.65. The molecule has 0 rings (SSSR count). The van der Waals surface area contributed by atoms with E-state index in [4.69, 9.17) is 4.74 Å². The molecule has 4 heteroatoms. The molecule has 0 heterocycles. The van der Waals surface area contributed by atoms with E-state index in [1.165, 1.54) is 0 Å². The predicted octanol–water partition coefficient (Wildman–Crippen LogP) is 1.48. The zero-order chi connectivity index (χ0) is 14.0. The highest BCUT2D eigenvalue weighted by atomic mass is 16.5. The second kappa shape index (κ2) is 9.73. The molecule has 0 radical (unpaired) electrons. The van der Waals surface area contributed by atoms with Gasteiger partial charge in [0.1, 0.15) is 0 Å². The number of hydrogen-bond donors (Lipinski definition) is 2. The van der Waals surface area contributed by atoms with Gasteiger partial charge in [0.25, 0.3) is 0 Å². The van der Waals surface area contributed by atoms with Crippen LogP contribution in [0, 0.1) is 0 Å². The molecule has 110 valence electrons. The van der Waals surface area contributed by atoms with Gasteiger partial charge in [0.15, 0.2) is 0 Å². The molecule has 0 aromatic rings. The van der Waals surface area contributed by atoms with Crippen LogP contribution in [0.3, 0.4) is 0 Å². The van der Waals surface area contributed by atoms with Gasteiger partial charge in [-0.2, -0.15) is 0 Å². The van der Waals surface area contributed by atoms with Gasteiger partial charge in [-0.25, -0.2) is 0 Å². The van der Waals surface area contributed by atoms with Gasteiger partial charge in [-0.15, -0.1) is 0 Å². The van der Waals surface area contributed by atoms with E-state index in [9.17, 15) is 5.11 Å². The number of nitrogens with zero attached hydrogens (tertiary/aromatic N) is 1. The van der Waals surface area contributed by atoms with Crippen LogP contribution < -0.4 is 5.32 Å². The Balaban J connectivity index is 3.53. The summed E-state index contributed by atoms with van der Waals surface area (Å²) in [5.41, 5.74) is -0.126. The molecule has 4 nitrogen and oxygen atoms in total. The topological polar surface area (TPSA) is 44.7 Å². The summed E-state index contributed by atoms with van der Waals surface area (Å²) in [4.78, 5) is 2.30. The van der Waals surface area contributed by atoms with Crippen molar-refractivity contribution in [3.05, 3.63) is 0 Å². The van der Waals surface area contributed by atoms with Crippen LogP contribution in [0.4, 0.5) is 0 Å². The summed E-state index contributed by atoms with van der Waals surface area (Å²) >= 11 is 0. The third-order valence-electron chi connectivity index (χ3n) is 3.40. The smallest absolute Gasteiger partial charge is 0.0610 e. The number of aliphatic hydroxyl groups is 1. The van der Waals surface area contributed by atoms with Crippen molar-refractivity contribution in [2.45, 2.75) is 51.7 Å². The van der Waals surface area contributed by atoms with Crippen LogP contribution in [0.15, 0.2) is 0 Å². The highest BCUT2D eigenvalue weighted by Gasteiger charge is 2.19. The lowest BCUT2D eigenvalue weighted by molar-refractivity contribution is 0.0634. The molecule has 0 aromatic heterocycles. The highest BCUT2D eigenvalue weighted by molar-refractivity contribution is 4.80. The Kier molecular flexibility index (Phi) is 9.64. The molecule has 18 heavy (non-hydrogen) atoms. The predicted molar refractivity (Wildman–Crippen MR) is 77.0 cm³/mol. The van der Waals surface area contributed by atoms with Crippen LogP contribution in [0.5, 0.6) is 0 Å². The maximum Gasteiger partial charge on any atom is 0.0610 e. The summed E-state index contributed by atoms with van der Waals surface area (Å²) in [7, 11) is 4.04. The van der Waals surface area contributed by atoms with E-state index >= 15 is 0 Å². The van der Waals surface area contributed by atoms with Crippen LogP contribution >= 0.6 is 0 Å². The lowest BCUT2D eigenvalue weighted by Gasteiger charge is -2.27. The van der Waals surface area contributed by atoms with Gasteiger partial charge in [0.05, 0.1) is 19.3 Å². The van der Waals surface area contributed by atoms with E-state index in [-0.39, 0.29) is 12.1 Å². The Hall–Kier alpha value is -0.160. The van der Waals surface area contributed by atoms with Crippen molar-refractivity contribution in [1.29, 1.82) is 0 Å². The van der Waals surface area contributed by atoms with E-state index < -0.39 is 0 Å². The number of unbranched alkanes of at least 4 members (excludes halogenated alkanes) is 1. The minimum atomic E-state index is -0.126. The van der Waals surface area contributed by atoms with Gasteiger partial charge in [0, 0.05) is 12.1 Å². The molecule has 1 unspecified atom stereocenters. The van der Waals surface area contributed by atoms with Crippen molar-refractivity contribution in [3.63, 3.8) is 0 Å². The number of likely N-dealkylation sites (N-methyl/N-ethyl adjacent to an activating group) is 2. The normalized spacial score (nSPS) is 15.3. The fraction of sp³-hybridized carbons (Fsp3) is 1.00. The summed E-state index contributed by atoms with van der Waals surface area (Å²) in [6, 6.07) is 0. The number of aliphatic hydroxyl groups excluding tert-OH is 1. The Bertz CT molecular complexity index is 194. The summed E-state index contributed by atoms with van der Waals surface area (Å²) in [6.07, 6.45) is 3.62. The lowest BCUT2D eigenvalue weighted by Crippen LogP contribution is -2.43. The summed E-state index contributed by atoms with van der Waals surface area (Å²) in [5, 5.41) is 12.5. The molecule has 0 aliphatic rings. The van der Waals surface area contributed by atoms with Crippen molar-refractivity contribution in [2.24, 2.45) is 0 Å². The first-order valence-electron chi connectivity index (χ1n) is 7.03. The molecule has 0 aromatic carbocycles. The number of ether oxygens (including phenoxy) is 1.